The maximum absolute atomic E-state index is 13.0. The summed E-state index contributed by atoms with van der Waals surface area (Å²) in [5, 5.41) is 16.1. The first-order valence-corrected chi connectivity index (χ1v) is 9.20. The fourth-order valence-electron chi connectivity index (χ4n) is 2.47. The number of alkyl halides is 3. The number of thiophene rings is 1. The van der Waals surface area contributed by atoms with Gasteiger partial charge in [-0.2, -0.15) is 13.2 Å². The van der Waals surface area contributed by atoms with Gasteiger partial charge >= 0.3 is 18.0 Å². The second kappa shape index (κ2) is 8.50. The lowest BCUT2D eigenvalue weighted by atomic mass is 10.1. The number of aliphatic hydroxyl groups is 1. The molecule has 1 atom stereocenters. The minimum Gasteiger partial charge on any atom is -0.457 e. The van der Waals surface area contributed by atoms with Gasteiger partial charge in [-0.05, 0) is 35.7 Å². The van der Waals surface area contributed by atoms with Crippen molar-refractivity contribution < 1.29 is 32.3 Å². The molecular weight excluding hydrogens is 409 g/mol. The molecule has 1 unspecified atom stereocenters. The maximum atomic E-state index is 13.0. The first-order chi connectivity index (χ1) is 13.8. The van der Waals surface area contributed by atoms with E-state index in [1.165, 1.54) is 29.5 Å². The minimum absolute atomic E-state index is 0.177. The average Bonchev–Trinajstić information content (AvgIpc) is 3.36. The van der Waals surface area contributed by atoms with Crippen LogP contribution < -0.4 is 10.6 Å². The normalized spacial score (nSPS) is 12.4. The summed E-state index contributed by atoms with van der Waals surface area (Å²) in [4.78, 5) is 24.7. The standard InChI is InChI=1S/C19H15F3N2O4S/c20-19(21,22)11-4-1-2-5-12(11)24-18(27)17(26)23-10-13(25)14-7-8-15(28-14)16-6-3-9-29-16/h1-9,13,25H,10H2,(H,23,26)(H,24,27). The van der Waals surface area contributed by atoms with Crippen molar-refractivity contribution in [3.63, 3.8) is 0 Å². The van der Waals surface area contributed by atoms with Gasteiger partial charge in [0.1, 0.15) is 17.6 Å². The van der Waals surface area contributed by atoms with Crippen molar-refractivity contribution in [1.29, 1.82) is 0 Å². The van der Waals surface area contributed by atoms with E-state index in [0.29, 0.717) is 5.76 Å². The summed E-state index contributed by atoms with van der Waals surface area (Å²) in [6.07, 6.45) is -5.92. The van der Waals surface area contributed by atoms with Crippen molar-refractivity contribution in [2.45, 2.75) is 12.3 Å². The monoisotopic (exact) mass is 424 g/mol. The minimum atomic E-state index is -4.68. The third-order valence-corrected chi connectivity index (χ3v) is 4.75. The Balaban J connectivity index is 1.58. The molecule has 0 aliphatic carbocycles. The zero-order valence-corrected chi connectivity index (χ0v) is 15.5. The van der Waals surface area contributed by atoms with Crippen LogP contribution in [0.4, 0.5) is 18.9 Å². The topological polar surface area (TPSA) is 91.6 Å². The number of furan rings is 1. The van der Waals surface area contributed by atoms with Crippen LogP contribution in [0.1, 0.15) is 17.4 Å². The third kappa shape index (κ3) is 5.04. The van der Waals surface area contributed by atoms with Crippen LogP contribution >= 0.6 is 11.3 Å². The molecule has 0 radical (unpaired) electrons. The molecule has 0 saturated carbocycles. The molecular formula is C19H15F3N2O4S. The molecule has 2 aromatic heterocycles. The van der Waals surface area contributed by atoms with Crippen LogP contribution in [0.25, 0.3) is 10.6 Å². The van der Waals surface area contributed by atoms with Crippen LogP contribution in [-0.2, 0) is 15.8 Å². The fraction of sp³-hybridized carbons (Fsp3) is 0.158. The second-order valence-electron chi connectivity index (χ2n) is 5.90. The quantitative estimate of drug-likeness (QED) is 0.543. The van der Waals surface area contributed by atoms with Gasteiger partial charge < -0.3 is 20.2 Å². The molecule has 0 spiro atoms. The summed E-state index contributed by atoms with van der Waals surface area (Å²) in [6.45, 7) is -0.357. The molecule has 29 heavy (non-hydrogen) atoms. The van der Waals surface area contributed by atoms with E-state index >= 15 is 0 Å². The summed E-state index contributed by atoms with van der Waals surface area (Å²) in [7, 11) is 0. The Hall–Kier alpha value is -3.11. The van der Waals surface area contributed by atoms with Crippen LogP contribution in [0.15, 0.2) is 58.3 Å². The van der Waals surface area contributed by atoms with E-state index in [1.807, 2.05) is 22.8 Å². The highest BCUT2D eigenvalue weighted by Crippen LogP contribution is 2.34. The average molecular weight is 424 g/mol. The molecule has 0 aliphatic heterocycles. The molecule has 0 saturated heterocycles. The number of hydrogen-bond acceptors (Lipinski definition) is 5. The Labute approximate surface area is 167 Å². The first-order valence-electron chi connectivity index (χ1n) is 8.33. The van der Waals surface area contributed by atoms with E-state index in [-0.39, 0.29) is 12.3 Å². The number of carbonyl (C=O) groups excluding carboxylic acids is 2. The lowest BCUT2D eigenvalue weighted by Gasteiger charge is -2.14. The van der Waals surface area contributed by atoms with Crippen LogP contribution in [0, 0.1) is 0 Å². The van der Waals surface area contributed by atoms with Gasteiger partial charge in [-0.3, -0.25) is 9.59 Å². The Bertz CT molecular complexity index is 999. The van der Waals surface area contributed by atoms with Crippen LogP contribution in [0.5, 0.6) is 0 Å². The number of anilines is 1. The molecule has 0 aliphatic rings. The van der Waals surface area contributed by atoms with E-state index in [2.05, 4.69) is 5.32 Å². The molecule has 152 valence electrons. The van der Waals surface area contributed by atoms with Gasteiger partial charge in [0, 0.05) is 0 Å². The summed E-state index contributed by atoms with van der Waals surface area (Å²) in [6, 6.07) is 11.2. The van der Waals surface area contributed by atoms with Gasteiger partial charge in [0.25, 0.3) is 0 Å². The first kappa shape index (κ1) is 20.6. The Kier molecular flexibility index (Phi) is 6.04. The zero-order chi connectivity index (χ0) is 21.0. The number of hydrogen-bond donors (Lipinski definition) is 3. The van der Waals surface area contributed by atoms with E-state index in [9.17, 15) is 27.9 Å². The number of aliphatic hydroxyl groups excluding tert-OH is 1. The SMILES string of the molecule is O=C(NCC(O)c1ccc(-c2cccs2)o1)C(=O)Nc1ccccc1C(F)(F)F. The number of benzene rings is 1. The predicted molar refractivity (Wildman–Crippen MR) is 100 cm³/mol. The molecule has 2 heterocycles. The molecule has 1 aromatic carbocycles. The number of amides is 2. The van der Waals surface area contributed by atoms with Gasteiger partial charge in [-0.1, -0.05) is 18.2 Å². The van der Waals surface area contributed by atoms with E-state index < -0.39 is 35.3 Å². The maximum Gasteiger partial charge on any atom is 0.418 e. The molecule has 3 N–H and O–H groups in total. The van der Waals surface area contributed by atoms with Gasteiger partial charge in [-0.25, -0.2) is 0 Å². The smallest absolute Gasteiger partial charge is 0.418 e. The van der Waals surface area contributed by atoms with Crippen molar-refractivity contribution >= 4 is 28.8 Å². The molecule has 3 rings (SSSR count). The van der Waals surface area contributed by atoms with Crippen molar-refractivity contribution in [2.75, 3.05) is 11.9 Å². The fourth-order valence-corrected chi connectivity index (χ4v) is 3.16. The van der Waals surface area contributed by atoms with Crippen LogP contribution in [0.3, 0.4) is 0 Å². The van der Waals surface area contributed by atoms with E-state index in [1.54, 1.807) is 6.07 Å². The van der Waals surface area contributed by atoms with Gasteiger partial charge in [0.2, 0.25) is 0 Å². The Morgan fingerprint density at radius 3 is 2.52 bits per heavy atom. The van der Waals surface area contributed by atoms with Crippen molar-refractivity contribution in [1.82, 2.24) is 5.32 Å². The zero-order valence-electron chi connectivity index (χ0n) is 14.7. The van der Waals surface area contributed by atoms with E-state index in [4.69, 9.17) is 4.42 Å². The molecule has 0 fully saturated rings. The summed E-state index contributed by atoms with van der Waals surface area (Å²) in [5.41, 5.74) is -1.61. The largest absolute Gasteiger partial charge is 0.457 e. The highest BCUT2D eigenvalue weighted by molar-refractivity contribution is 7.13. The van der Waals surface area contributed by atoms with Crippen LogP contribution in [0.2, 0.25) is 0 Å². The molecule has 6 nitrogen and oxygen atoms in total. The highest BCUT2D eigenvalue weighted by Gasteiger charge is 2.34. The van der Waals surface area contributed by atoms with Crippen molar-refractivity contribution in [3.05, 3.63) is 65.2 Å². The third-order valence-electron chi connectivity index (χ3n) is 3.86. The van der Waals surface area contributed by atoms with Crippen molar-refractivity contribution in [2.24, 2.45) is 0 Å². The second-order valence-corrected chi connectivity index (χ2v) is 6.85. The molecule has 0 bridgehead atoms. The Morgan fingerprint density at radius 1 is 1.07 bits per heavy atom. The molecule has 3 aromatic rings. The Morgan fingerprint density at radius 2 is 1.83 bits per heavy atom. The summed E-state index contributed by atoms with van der Waals surface area (Å²) in [5.74, 6) is -1.75. The van der Waals surface area contributed by atoms with E-state index in [0.717, 1.165) is 17.0 Å². The van der Waals surface area contributed by atoms with Gasteiger partial charge in [0.05, 0.1) is 22.7 Å². The van der Waals surface area contributed by atoms with Crippen LogP contribution in [-0.4, -0.2) is 23.5 Å². The lowest BCUT2D eigenvalue weighted by Crippen LogP contribution is -2.38. The molecule has 10 heteroatoms. The van der Waals surface area contributed by atoms with Gasteiger partial charge in [-0.15, -0.1) is 11.3 Å². The van der Waals surface area contributed by atoms with Gasteiger partial charge in [0.15, 0.2) is 0 Å². The number of halogens is 3. The number of carbonyl (C=O) groups is 2. The van der Waals surface area contributed by atoms with Crippen molar-refractivity contribution in [3.8, 4) is 10.6 Å². The number of rotatable bonds is 5. The number of nitrogens with one attached hydrogen (secondary N) is 2. The lowest BCUT2D eigenvalue weighted by molar-refractivity contribution is -0.138. The number of para-hydroxylation sites is 1. The molecule has 2 amide bonds. The summed E-state index contributed by atoms with van der Waals surface area (Å²) >= 11 is 1.45. The summed E-state index contributed by atoms with van der Waals surface area (Å²) < 4.78 is 44.4. The highest BCUT2D eigenvalue weighted by atomic mass is 32.1. The predicted octanol–water partition coefficient (Wildman–Crippen LogP) is 3.82.